The van der Waals surface area contributed by atoms with Crippen LogP contribution in [0.25, 0.3) is 5.82 Å². The first-order chi connectivity index (χ1) is 13.1. The van der Waals surface area contributed by atoms with Crippen molar-refractivity contribution in [2.75, 3.05) is 0 Å². The van der Waals surface area contributed by atoms with E-state index in [0.29, 0.717) is 5.82 Å². The molecule has 0 radical (unpaired) electrons. The van der Waals surface area contributed by atoms with Crippen molar-refractivity contribution in [3.63, 3.8) is 0 Å². The minimum absolute atomic E-state index is 0.0688. The molecule has 1 aromatic carbocycles. The molecule has 0 aliphatic carbocycles. The van der Waals surface area contributed by atoms with Gasteiger partial charge in [0.15, 0.2) is 11.5 Å². The fourth-order valence-corrected chi connectivity index (χ4v) is 2.79. The van der Waals surface area contributed by atoms with E-state index in [1.54, 1.807) is 10.7 Å². The van der Waals surface area contributed by atoms with Gasteiger partial charge in [0, 0.05) is 5.69 Å². The Bertz CT molecular complexity index is 1030. The van der Waals surface area contributed by atoms with E-state index in [1.165, 1.54) is 18.2 Å². The third-order valence-corrected chi connectivity index (χ3v) is 4.18. The monoisotopic (exact) mass is 409 g/mol. The Hall–Kier alpha value is -2.87. The normalized spacial score (nSPS) is 11.5. The van der Waals surface area contributed by atoms with Gasteiger partial charge in [-0.05, 0) is 49.7 Å². The number of carbonyl (C=O) groups excluding carboxylic acids is 1. The van der Waals surface area contributed by atoms with Crippen LogP contribution in [0.3, 0.4) is 0 Å². The Labute approximate surface area is 163 Å². The van der Waals surface area contributed by atoms with E-state index in [4.69, 9.17) is 16.3 Å². The summed E-state index contributed by atoms with van der Waals surface area (Å²) in [6, 6.07) is 9.50. The highest BCUT2D eigenvalue weighted by molar-refractivity contribution is 6.33. The summed E-state index contributed by atoms with van der Waals surface area (Å²) in [5, 5.41) is 4.36. The number of alkyl halides is 3. The smallest absolute Gasteiger partial charge is 0.416 e. The van der Waals surface area contributed by atoms with E-state index < -0.39 is 17.7 Å². The lowest BCUT2D eigenvalue weighted by Crippen LogP contribution is -2.12. The summed E-state index contributed by atoms with van der Waals surface area (Å²) >= 11 is 6.05. The standard InChI is InChI=1S/C19H15ClF3N3O2/c1-11-8-12(2)26(25-11)16-7-6-15(20)17(24-16)18(27)28-10-13-4-3-5-14(9-13)19(21,22)23/h3-9H,10H2,1-2H3. The lowest BCUT2D eigenvalue weighted by Gasteiger charge is -2.10. The Morgan fingerprint density at radius 1 is 1.18 bits per heavy atom. The van der Waals surface area contributed by atoms with Gasteiger partial charge in [-0.15, -0.1) is 0 Å². The summed E-state index contributed by atoms with van der Waals surface area (Å²) in [6.07, 6.45) is -4.47. The number of benzene rings is 1. The summed E-state index contributed by atoms with van der Waals surface area (Å²) < 4.78 is 45.0. The highest BCUT2D eigenvalue weighted by Gasteiger charge is 2.30. The molecule has 146 valence electrons. The highest BCUT2D eigenvalue weighted by Crippen LogP contribution is 2.29. The Kier molecular flexibility index (Phi) is 5.42. The minimum Gasteiger partial charge on any atom is -0.456 e. The third kappa shape index (κ3) is 4.33. The van der Waals surface area contributed by atoms with Crippen LogP contribution in [0.5, 0.6) is 0 Å². The number of hydrogen-bond acceptors (Lipinski definition) is 4. The van der Waals surface area contributed by atoms with Gasteiger partial charge in [0.2, 0.25) is 0 Å². The molecule has 0 saturated heterocycles. The molecule has 0 atom stereocenters. The van der Waals surface area contributed by atoms with Gasteiger partial charge in [-0.2, -0.15) is 18.3 Å². The van der Waals surface area contributed by atoms with E-state index in [2.05, 4.69) is 10.1 Å². The highest BCUT2D eigenvalue weighted by atomic mass is 35.5. The summed E-state index contributed by atoms with van der Waals surface area (Å²) in [4.78, 5) is 16.6. The van der Waals surface area contributed by atoms with Crippen molar-refractivity contribution in [1.29, 1.82) is 0 Å². The lowest BCUT2D eigenvalue weighted by molar-refractivity contribution is -0.137. The Morgan fingerprint density at radius 3 is 2.57 bits per heavy atom. The number of carbonyl (C=O) groups is 1. The fourth-order valence-electron chi connectivity index (χ4n) is 2.61. The quantitative estimate of drug-likeness (QED) is 0.574. The average molecular weight is 410 g/mol. The zero-order valence-electron chi connectivity index (χ0n) is 14.9. The zero-order valence-corrected chi connectivity index (χ0v) is 15.7. The zero-order chi connectivity index (χ0) is 20.5. The Balaban J connectivity index is 1.80. The summed E-state index contributed by atoms with van der Waals surface area (Å²) in [5.74, 6) is -0.466. The molecule has 0 unspecified atom stereocenters. The van der Waals surface area contributed by atoms with Crippen molar-refractivity contribution >= 4 is 17.6 Å². The van der Waals surface area contributed by atoms with Gasteiger partial charge in [0.25, 0.3) is 0 Å². The topological polar surface area (TPSA) is 57.0 Å². The van der Waals surface area contributed by atoms with Crippen molar-refractivity contribution in [2.45, 2.75) is 26.6 Å². The Morgan fingerprint density at radius 2 is 1.93 bits per heavy atom. The molecule has 0 fully saturated rings. The van der Waals surface area contributed by atoms with Crippen LogP contribution >= 0.6 is 11.6 Å². The minimum atomic E-state index is -4.47. The summed E-state index contributed by atoms with van der Waals surface area (Å²) in [5.41, 5.74) is 0.843. The van der Waals surface area contributed by atoms with Crippen molar-refractivity contribution in [3.8, 4) is 5.82 Å². The van der Waals surface area contributed by atoms with Crippen LogP contribution < -0.4 is 0 Å². The number of esters is 1. The van der Waals surface area contributed by atoms with E-state index in [1.807, 2.05) is 19.9 Å². The van der Waals surface area contributed by atoms with Gasteiger partial charge >= 0.3 is 12.1 Å². The van der Waals surface area contributed by atoms with Crippen LogP contribution in [-0.2, 0) is 17.5 Å². The van der Waals surface area contributed by atoms with E-state index in [0.717, 1.165) is 23.5 Å². The SMILES string of the molecule is Cc1cc(C)n(-c2ccc(Cl)c(C(=O)OCc3cccc(C(F)(F)F)c3)n2)n1. The van der Waals surface area contributed by atoms with E-state index in [9.17, 15) is 18.0 Å². The first-order valence-electron chi connectivity index (χ1n) is 8.18. The molecule has 2 aromatic heterocycles. The van der Waals surface area contributed by atoms with Gasteiger partial charge in [-0.3, -0.25) is 0 Å². The predicted molar refractivity (Wildman–Crippen MR) is 96.4 cm³/mol. The molecule has 0 N–H and O–H groups in total. The van der Waals surface area contributed by atoms with E-state index in [-0.39, 0.29) is 22.9 Å². The average Bonchev–Trinajstić information content (AvgIpc) is 2.98. The number of halogens is 4. The fraction of sp³-hybridized carbons (Fsp3) is 0.211. The molecule has 9 heteroatoms. The molecular formula is C19H15ClF3N3O2. The number of aryl methyl sites for hydroxylation is 2. The van der Waals surface area contributed by atoms with Crippen molar-refractivity contribution in [2.24, 2.45) is 0 Å². The lowest BCUT2D eigenvalue weighted by atomic mass is 10.1. The van der Waals surface area contributed by atoms with Crippen LogP contribution in [0.1, 0.15) is 33.0 Å². The molecule has 0 amide bonds. The van der Waals surface area contributed by atoms with Gasteiger partial charge < -0.3 is 4.74 Å². The van der Waals surface area contributed by atoms with Crippen molar-refractivity contribution in [3.05, 3.63) is 75.7 Å². The van der Waals surface area contributed by atoms with Crippen LogP contribution in [0.2, 0.25) is 5.02 Å². The molecule has 3 rings (SSSR count). The van der Waals surface area contributed by atoms with Crippen LogP contribution in [-0.4, -0.2) is 20.7 Å². The first-order valence-corrected chi connectivity index (χ1v) is 8.56. The van der Waals surface area contributed by atoms with Crippen LogP contribution in [0.15, 0.2) is 42.5 Å². The number of rotatable bonds is 4. The first kappa shape index (κ1) is 19.9. The van der Waals surface area contributed by atoms with Gasteiger partial charge in [-0.25, -0.2) is 14.5 Å². The van der Waals surface area contributed by atoms with Gasteiger partial charge in [-0.1, -0.05) is 23.7 Å². The molecule has 28 heavy (non-hydrogen) atoms. The third-order valence-electron chi connectivity index (χ3n) is 3.88. The predicted octanol–water partition coefficient (Wildman–Crippen LogP) is 4.91. The second kappa shape index (κ2) is 7.63. The number of aromatic nitrogens is 3. The number of pyridine rings is 1. The van der Waals surface area contributed by atoms with Gasteiger partial charge in [0.1, 0.15) is 6.61 Å². The number of nitrogens with zero attached hydrogens (tertiary/aromatic N) is 3. The molecule has 2 heterocycles. The van der Waals surface area contributed by atoms with Crippen LogP contribution in [0, 0.1) is 13.8 Å². The number of hydrogen-bond donors (Lipinski definition) is 0. The molecule has 0 spiro atoms. The summed E-state index contributed by atoms with van der Waals surface area (Å²) in [6.45, 7) is 3.32. The second-order valence-corrected chi connectivity index (χ2v) is 6.52. The molecule has 0 saturated carbocycles. The molecule has 0 bridgehead atoms. The van der Waals surface area contributed by atoms with Crippen molar-refractivity contribution < 1.29 is 22.7 Å². The molecule has 0 aliphatic rings. The molecule has 5 nitrogen and oxygen atoms in total. The maximum Gasteiger partial charge on any atom is 0.416 e. The maximum absolute atomic E-state index is 12.8. The van der Waals surface area contributed by atoms with E-state index >= 15 is 0 Å². The molecule has 0 aliphatic heterocycles. The maximum atomic E-state index is 12.8. The number of ether oxygens (including phenoxy) is 1. The molecular weight excluding hydrogens is 395 g/mol. The summed E-state index contributed by atoms with van der Waals surface area (Å²) in [7, 11) is 0. The van der Waals surface area contributed by atoms with Crippen LogP contribution in [0.4, 0.5) is 13.2 Å². The second-order valence-electron chi connectivity index (χ2n) is 6.11. The molecule has 3 aromatic rings. The largest absolute Gasteiger partial charge is 0.456 e. The van der Waals surface area contributed by atoms with Crippen molar-refractivity contribution in [1.82, 2.24) is 14.8 Å². The van der Waals surface area contributed by atoms with Gasteiger partial charge in [0.05, 0.1) is 16.3 Å².